The highest BCUT2D eigenvalue weighted by molar-refractivity contribution is 9.10. The Balaban J connectivity index is 2.47. The first-order valence-electron chi connectivity index (χ1n) is 8.27. The van der Waals surface area contributed by atoms with Crippen molar-refractivity contribution in [3.05, 3.63) is 64.1 Å². The molecule has 0 aliphatic heterocycles. The summed E-state index contributed by atoms with van der Waals surface area (Å²) in [5.41, 5.74) is -0.0667. The van der Waals surface area contributed by atoms with Gasteiger partial charge in [-0.15, -0.1) is 0 Å². The van der Waals surface area contributed by atoms with E-state index in [-0.39, 0.29) is 18.9 Å². The molecular weight excluding hydrogens is 446 g/mol. The van der Waals surface area contributed by atoms with E-state index in [4.69, 9.17) is 9.05 Å². The van der Waals surface area contributed by atoms with Crippen molar-refractivity contribution in [3.8, 4) is 0 Å². The third-order valence-corrected chi connectivity index (χ3v) is 6.44. The first-order valence-corrected chi connectivity index (χ1v) is 10.7. The van der Waals surface area contributed by atoms with Gasteiger partial charge in [-0.3, -0.25) is 4.57 Å². The van der Waals surface area contributed by atoms with Crippen molar-refractivity contribution in [2.75, 3.05) is 18.5 Å². The van der Waals surface area contributed by atoms with Crippen LogP contribution in [0.5, 0.6) is 0 Å². The Kier molecular flexibility index (Phi) is 7.51. The number of hydrogen-bond donors (Lipinski definition) is 1. The predicted molar refractivity (Wildman–Crippen MR) is 103 cm³/mol. The number of halogens is 4. The van der Waals surface area contributed by atoms with Gasteiger partial charge >= 0.3 is 13.8 Å². The van der Waals surface area contributed by atoms with Gasteiger partial charge in [0.25, 0.3) is 0 Å². The van der Waals surface area contributed by atoms with E-state index in [0.717, 1.165) is 16.6 Å². The van der Waals surface area contributed by atoms with Gasteiger partial charge in [0.1, 0.15) is 0 Å². The summed E-state index contributed by atoms with van der Waals surface area (Å²) in [5.74, 6) is -0.964. The number of rotatable bonds is 8. The minimum atomic E-state index is -4.48. The van der Waals surface area contributed by atoms with E-state index in [9.17, 15) is 17.7 Å². The number of hydrogen-bond acceptors (Lipinski definition) is 4. The largest absolute Gasteiger partial charge is 0.416 e. The lowest BCUT2D eigenvalue weighted by atomic mass is 10.1. The third kappa shape index (κ3) is 5.82. The van der Waals surface area contributed by atoms with Gasteiger partial charge in [-0.25, -0.2) is 0 Å². The van der Waals surface area contributed by atoms with Gasteiger partial charge in [0, 0.05) is 10.2 Å². The van der Waals surface area contributed by atoms with Crippen LogP contribution >= 0.6 is 23.5 Å². The minimum absolute atomic E-state index is 0.134. The highest BCUT2D eigenvalue weighted by atomic mass is 79.9. The monoisotopic (exact) mass is 465 g/mol. The lowest BCUT2D eigenvalue weighted by molar-refractivity contribution is -0.137. The van der Waals surface area contributed by atoms with Crippen LogP contribution in [0, 0.1) is 0 Å². The summed E-state index contributed by atoms with van der Waals surface area (Å²) in [7, 11) is -3.70. The molecule has 9 heteroatoms. The Morgan fingerprint density at radius 1 is 1.07 bits per heavy atom. The molecule has 0 aliphatic rings. The fourth-order valence-corrected chi connectivity index (χ4v) is 4.68. The molecular formula is C18H20BrF3NO3P. The Labute approximate surface area is 164 Å². The van der Waals surface area contributed by atoms with E-state index in [0.29, 0.717) is 5.56 Å². The third-order valence-electron chi connectivity index (χ3n) is 3.61. The van der Waals surface area contributed by atoms with Crippen LogP contribution in [0.3, 0.4) is 0 Å². The second-order valence-electron chi connectivity index (χ2n) is 5.55. The van der Waals surface area contributed by atoms with Crippen LogP contribution in [-0.4, -0.2) is 13.2 Å². The Hall–Kier alpha value is -1.34. The van der Waals surface area contributed by atoms with Crippen LogP contribution in [0.15, 0.2) is 53.0 Å². The maximum absolute atomic E-state index is 13.3. The zero-order valence-corrected chi connectivity index (χ0v) is 17.3. The molecule has 0 radical (unpaired) electrons. The quantitative estimate of drug-likeness (QED) is 0.433. The van der Waals surface area contributed by atoms with E-state index >= 15 is 0 Å². The van der Waals surface area contributed by atoms with Gasteiger partial charge < -0.3 is 14.4 Å². The van der Waals surface area contributed by atoms with E-state index in [1.807, 2.05) is 0 Å². The van der Waals surface area contributed by atoms with Crippen LogP contribution in [0.1, 0.15) is 30.8 Å². The average molecular weight is 466 g/mol. The lowest BCUT2D eigenvalue weighted by Gasteiger charge is -2.28. The van der Waals surface area contributed by atoms with Crippen molar-refractivity contribution in [1.29, 1.82) is 0 Å². The van der Waals surface area contributed by atoms with Crippen molar-refractivity contribution in [3.63, 3.8) is 0 Å². The van der Waals surface area contributed by atoms with E-state index in [1.165, 1.54) is 12.1 Å². The van der Waals surface area contributed by atoms with Crippen LogP contribution < -0.4 is 5.32 Å². The number of alkyl halides is 3. The standard InChI is InChI=1S/C18H20BrF3NO3P/c1-3-25-27(24,26-4-2)17(13-8-10-15(19)11-9-13)23-16-7-5-6-14(12-16)18(20,21)22/h5-12,17,23H,3-4H2,1-2H3. The van der Waals surface area contributed by atoms with E-state index < -0.39 is 25.1 Å². The van der Waals surface area contributed by atoms with E-state index in [1.54, 1.807) is 38.1 Å². The van der Waals surface area contributed by atoms with Gasteiger partial charge in [-0.1, -0.05) is 34.1 Å². The Morgan fingerprint density at radius 3 is 2.19 bits per heavy atom. The van der Waals surface area contributed by atoms with Gasteiger partial charge in [-0.2, -0.15) is 13.2 Å². The smallest absolute Gasteiger partial charge is 0.368 e. The average Bonchev–Trinajstić information content (AvgIpc) is 2.60. The summed E-state index contributed by atoms with van der Waals surface area (Å²) in [5, 5.41) is 2.91. The molecule has 1 N–H and O–H groups in total. The molecule has 0 bridgehead atoms. The van der Waals surface area contributed by atoms with Crippen LogP contribution in [0.4, 0.5) is 18.9 Å². The fraction of sp³-hybridized carbons (Fsp3) is 0.333. The Bertz CT molecular complexity index is 789. The number of anilines is 1. The molecule has 1 atom stereocenters. The molecule has 0 aliphatic carbocycles. The fourth-order valence-electron chi connectivity index (χ4n) is 2.48. The molecule has 2 rings (SSSR count). The summed E-state index contributed by atoms with van der Waals surface area (Å²) in [6, 6.07) is 11.6. The molecule has 0 spiro atoms. The van der Waals surface area contributed by atoms with E-state index in [2.05, 4.69) is 21.2 Å². The van der Waals surface area contributed by atoms with Crippen LogP contribution in [0.2, 0.25) is 0 Å². The molecule has 148 valence electrons. The summed E-state index contributed by atoms with van der Waals surface area (Å²) >= 11 is 3.33. The van der Waals surface area contributed by atoms with Gasteiger partial charge in [0.2, 0.25) is 0 Å². The van der Waals surface area contributed by atoms with Crippen LogP contribution in [-0.2, 0) is 19.8 Å². The SMILES string of the molecule is CCOP(=O)(OCC)C(Nc1cccc(C(F)(F)F)c1)c1ccc(Br)cc1. The highest BCUT2D eigenvalue weighted by Gasteiger charge is 2.37. The predicted octanol–water partition coefficient (Wildman–Crippen LogP) is 6.84. The summed E-state index contributed by atoms with van der Waals surface area (Å²) in [4.78, 5) is 0. The normalized spacial score (nSPS) is 13.4. The summed E-state index contributed by atoms with van der Waals surface area (Å²) < 4.78 is 64.0. The molecule has 0 amide bonds. The zero-order valence-electron chi connectivity index (χ0n) is 14.8. The number of benzene rings is 2. The van der Waals surface area contributed by atoms with Gasteiger partial charge in [0.05, 0.1) is 18.8 Å². The molecule has 0 fully saturated rings. The van der Waals surface area contributed by atoms with Crippen molar-refractivity contribution < 1.29 is 26.8 Å². The molecule has 4 nitrogen and oxygen atoms in total. The van der Waals surface area contributed by atoms with Crippen molar-refractivity contribution in [2.24, 2.45) is 0 Å². The minimum Gasteiger partial charge on any atom is -0.368 e. The molecule has 2 aromatic carbocycles. The summed E-state index contributed by atoms with van der Waals surface area (Å²) in [6.45, 7) is 3.62. The summed E-state index contributed by atoms with van der Waals surface area (Å²) in [6.07, 6.45) is -4.48. The van der Waals surface area contributed by atoms with Gasteiger partial charge in [0.15, 0.2) is 5.78 Å². The maximum Gasteiger partial charge on any atom is 0.416 e. The second kappa shape index (κ2) is 9.24. The van der Waals surface area contributed by atoms with Crippen molar-refractivity contribution >= 4 is 29.2 Å². The lowest BCUT2D eigenvalue weighted by Crippen LogP contribution is -2.16. The van der Waals surface area contributed by atoms with Crippen LogP contribution in [0.25, 0.3) is 0 Å². The molecule has 0 heterocycles. The molecule has 2 aromatic rings. The first-order chi connectivity index (χ1) is 12.7. The zero-order chi connectivity index (χ0) is 20.1. The molecule has 0 aromatic heterocycles. The second-order valence-corrected chi connectivity index (χ2v) is 8.58. The topological polar surface area (TPSA) is 47.6 Å². The van der Waals surface area contributed by atoms with Gasteiger partial charge in [-0.05, 0) is 49.7 Å². The Morgan fingerprint density at radius 2 is 1.67 bits per heavy atom. The molecule has 0 saturated carbocycles. The number of nitrogens with one attached hydrogen (secondary N) is 1. The molecule has 27 heavy (non-hydrogen) atoms. The molecule has 1 unspecified atom stereocenters. The highest BCUT2D eigenvalue weighted by Crippen LogP contribution is 2.60. The van der Waals surface area contributed by atoms with Crippen molar-refractivity contribution in [2.45, 2.75) is 25.8 Å². The maximum atomic E-state index is 13.3. The molecule has 0 saturated heterocycles. The first kappa shape index (κ1) is 22.0. The van der Waals surface area contributed by atoms with Crippen molar-refractivity contribution in [1.82, 2.24) is 0 Å².